The van der Waals surface area contributed by atoms with E-state index in [1.54, 1.807) is 7.11 Å². The quantitative estimate of drug-likeness (QED) is 0.905. The number of hydrogen-bond donors (Lipinski definition) is 1. The second-order valence-electron chi connectivity index (χ2n) is 5.31. The highest BCUT2D eigenvalue weighted by atomic mass is 16.5. The molecule has 0 aromatic heterocycles. The van der Waals surface area contributed by atoms with Gasteiger partial charge in [-0.2, -0.15) is 0 Å². The highest BCUT2D eigenvalue weighted by Gasteiger charge is 2.27. The van der Waals surface area contributed by atoms with E-state index in [4.69, 9.17) is 4.74 Å². The summed E-state index contributed by atoms with van der Waals surface area (Å²) < 4.78 is 5.48. The molecule has 0 unspecified atom stereocenters. The van der Waals surface area contributed by atoms with Crippen molar-refractivity contribution in [2.45, 2.75) is 50.7 Å². The van der Waals surface area contributed by atoms with E-state index < -0.39 is 0 Å². The Labute approximate surface area is 115 Å². The van der Waals surface area contributed by atoms with Crippen molar-refractivity contribution < 1.29 is 9.53 Å². The normalized spacial score (nSPS) is 24.7. The Morgan fingerprint density at radius 3 is 2.63 bits per heavy atom. The maximum atomic E-state index is 12.3. The maximum absolute atomic E-state index is 12.3. The van der Waals surface area contributed by atoms with Gasteiger partial charge in [0, 0.05) is 7.11 Å². The van der Waals surface area contributed by atoms with Crippen LogP contribution in [0.4, 0.5) is 0 Å². The molecule has 1 aromatic carbocycles. The molecule has 3 atom stereocenters. The fourth-order valence-corrected chi connectivity index (χ4v) is 2.74. The molecule has 1 amide bonds. The fourth-order valence-electron chi connectivity index (χ4n) is 2.74. The maximum Gasteiger partial charge on any atom is 0.227 e. The van der Waals surface area contributed by atoms with Crippen molar-refractivity contribution in [2.24, 2.45) is 0 Å². The molecule has 0 aliphatic heterocycles. The number of methoxy groups -OCH3 is 1. The van der Waals surface area contributed by atoms with E-state index in [0.29, 0.717) is 0 Å². The van der Waals surface area contributed by atoms with Crippen LogP contribution in [-0.4, -0.2) is 25.2 Å². The Morgan fingerprint density at radius 2 is 1.95 bits per heavy atom. The number of nitrogens with one attached hydrogen (secondary N) is 1. The van der Waals surface area contributed by atoms with Crippen molar-refractivity contribution >= 4 is 5.91 Å². The molecule has 0 saturated heterocycles. The first kappa shape index (κ1) is 14.1. The molecule has 3 heteroatoms. The first-order valence-corrected chi connectivity index (χ1v) is 7.10. The molecule has 0 heterocycles. The first-order valence-electron chi connectivity index (χ1n) is 7.10. The molecule has 1 saturated carbocycles. The molecule has 1 aliphatic rings. The van der Waals surface area contributed by atoms with Crippen molar-refractivity contribution in [1.29, 1.82) is 0 Å². The number of carbonyl (C=O) groups is 1. The van der Waals surface area contributed by atoms with Crippen molar-refractivity contribution in [2.75, 3.05) is 7.11 Å². The second kappa shape index (κ2) is 6.71. The summed E-state index contributed by atoms with van der Waals surface area (Å²) in [6.45, 7) is 1.95. The van der Waals surface area contributed by atoms with Crippen LogP contribution in [0.1, 0.15) is 44.1 Å². The van der Waals surface area contributed by atoms with Gasteiger partial charge in [-0.3, -0.25) is 4.79 Å². The zero-order valence-corrected chi connectivity index (χ0v) is 11.8. The Bertz CT molecular complexity index is 404. The fraction of sp³-hybridized carbons (Fsp3) is 0.562. The van der Waals surface area contributed by atoms with Gasteiger partial charge in [0.2, 0.25) is 5.91 Å². The lowest BCUT2D eigenvalue weighted by Crippen LogP contribution is -2.47. The standard InChI is InChI=1S/C16H23NO2/c1-12(13-8-4-3-5-9-13)16(18)17-14-10-6-7-11-15(14)19-2/h3-5,8-9,12,14-15H,6-7,10-11H2,1-2H3,(H,17,18)/t12-,14+,15-/m1/s1. The van der Waals surface area contributed by atoms with Crippen LogP contribution < -0.4 is 5.32 Å². The minimum absolute atomic E-state index is 0.0974. The monoisotopic (exact) mass is 261 g/mol. The van der Waals surface area contributed by atoms with Gasteiger partial charge in [-0.05, 0) is 25.3 Å². The van der Waals surface area contributed by atoms with Gasteiger partial charge in [0.1, 0.15) is 0 Å². The van der Waals surface area contributed by atoms with Crippen LogP contribution in [-0.2, 0) is 9.53 Å². The molecule has 0 radical (unpaired) electrons. The van der Waals surface area contributed by atoms with Crippen LogP contribution in [0.25, 0.3) is 0 Å². The van der Waals surface area contributed by atoms with E-state index in [1.807, 2.05) is 37.3 Å². The van der Waals surface area contributed by atoms with E-state index in [-0.39, 0.29) is 24.0 Å². The third-order valence-corrected chi connectivity index (χ3v) is 4.03. The van der Waals surface area contributed by atoms with Gasteiger partial charge in [0.05, 0.1) is 18.1 Å². The van der Waals surface area contributed by atoms with Gasteiger partial charge in [-0.15, -0.1) is 0 Å². The zero-order valence-electron chi connectivity index (χ0n) is 11.8. The van der Waals surface area contributed by atoms with Gasteiger partial charge < -0.3 is 10.1 Å². The summed E-state index contributed by atoms with van der Waals surface area (Å²) in [5.74, 6) is -0.0132. The zero-order chi connectivity index (χ0) is 13.7. The number of hydrogen-bond acceptors (Lipinski definition) is 2. The van der Waals surface area contributed by atoms with E-state index in [2.05, 4.69) is 5.32 Å². The van der Waals surface area contributed by atoms with Gasteiger partial charge >= 0.3 is 0 Å². The minimum Gasteiger partial charge on any atom is -0.379 e. The second-order valence-corrected chi connectivity index (χ2v) is 5.31. The van der Waals surface area contributed by atoms with Crippen LogP contribution in [0.3, 0.4) is 0 Å². The van der Waals surface area contributed by atoms with Crippen LogP contribution >= 0.6 is 0 Å². The average Bonchev–Trinajstić information content (AvgIpc) is 2.48. The molecule has 104 valence electrons. The predicted molar refractivity (Wildman–Crippen MR) is 76.1 cm³/mol. The smallest absolute Gasteiger partial charge is 0.227 e. The average molecular weight is 261 g/mol. The number of benzene rings is 1. The largest absolute Gasteiger partial charge is 0.379 e. The Balaban J connectivity index is 1.96. The summed E-state index contributed by atoms with van der Waals surface area (Å²) in [6.07, 6.45) is 4.59. The third kappa shape index (κ3) is 3.57. The highest BCUT2D eigenvalue weighted by molar-refractivity contribution is 5.83. The molecule has 3 nitrogen and oxygen atoms in total. The summed E-state index contributed by atoms with van der Waals surface area (Å²) in [5, 5.41) is 3.15. The minimum atomic E-state index is -0.111. The van der Waals surface area contributed by atoms with Crippen LogP contribution in [0.2, 0.25) is 0 Å². The lowest BCUT2D eigenvalue weighted by atomic mass is 9.91. The highest BCUT2D eigenvalue weighted by Crippen LogP contribution is 2.22. The summed E-state index contributed by atoms with van der Waals surface area (Å²) >= 11 is 0. The van der Waals surface area contributed by atoms with Crippen molar-refractivity contribution in [1.82, 2.24) is 5.32 Å². The first-order chi connectivity index (χ1) is 9.22. The van der Waals surface area contributed by atoms with E-state index in [0.717, 1.165) is 18.4 Å². The summed E-state index contributed by atoms with van der Waals surface area (Å²) in [6, 6.07) is 10.1. The SMILES string of the molecule is CO[C@@H]1CCCC[C@@H]1NC(=O)[C@H](C)c1ccccc1. The number of ether oxygens (including phenoxy) is 1. The van der Waals surface area contributed by atoms with Crippen molar-refractivity contribution in [3.63, 3.8) is 0 Å². The summed E-state index contributed by atoms with van der Waals surface area (Å²) in [7, 11) is 1.73. The molecule has 1 aromatic rings. The molecule has 1 aliphatic carbocycles. The number of carbonyl (C=O) groups excluding carboxylic acids is 1. The van der Waals surface area contributed by atoms with Gasteiger partial charge in [-0.1, -0.05) is 43.2 Å². The molecular weight excluding hydrogens is 238 g/mol. The number of amides is 1. The van der Waals surface area contributed by atoms with Crippen molar-refractivity contribution in [3.8, 4) is 0 Å². The lowest BCUT2D eigenvalue weighted by Gasteiger charge is -2.31. The molecule has 1 fully saturated rings. The van der Waals surface area contributed by atoms with Gasteiger partial charge in [0.15, 0.2) is 0 Å². The van der Waals surface area contributed by atoms with Gasteiger partial charge in [0.25, 0.3) is 0 Å². The van der Waals surface area contributed by atoms with Crippen LogP contribution in [0.15, 0.2) is 30.3 Å². The Kier molecular flexibility index (Phi) is 4.97. The Morgan fingerprint density at radius 1 is 1.26 bits per heavy atom. The molecule has 0 bridgehead atoms. The molecule has 19 heavy (non-hydrogen) atoms. The van der Waals surface area contributed by atoms with Crippen LogP contribution in [0.5, 0.6) is 0 Å². The van der Waals surface area contributed by atoms with Crippen LogP contribution in [0, 0.1) is 0 Å². The van der Waals surface area contributed by atoms with E-state index in [1.165, 1.54) is 12.8 Å². The molecular formula is C16H23NO2. The topological polar surface area (TPSA) is 38.3 Å². The molecule has 1 N–H and O–H groups in total. The third-order valence-electron chi connectivity index (χ3n) is 4.03. The molecule has 0 spiro atoms. The van der Waals surface area contributed by atoms with Crippen molar-refractivity contribution in [3.05, 3.63) is 35.9 Å². The van der Waals surface area contributed by atoms with E-state index >= 15 is 0 Å². The van der Waals surface area contributed by atoms with E-state index in [9.17, 15) is 4.79 Å². The molecule has 2 rings (SSSR count). The number of rotatable bonds is 4. The summed E-state index contributed by atoms with van der Waals surface area (Å²) in [5.41, 5.74) is 1.06. The predicted octanol–water partition coefficient (Wildman–Crippen LogP) is 2.86. The Hall–Kier alpha value is -1.35. The van der Waals surface area contributed by atoms with Gasteiger partial charge in [-0.25, -0.2) is 0 Å². The lowest BCUT2D eigenvalue weighted by molar-refractivity contribution is -0.124. The summed E-state index contributed by atoms with van der Waals surface area (Å²) in [4.78, 5) is 12.3.